The topological polar surface area (TPSA) is 110 Å². The number of rotatable bonds is 3. The quantitative estimate of drug-likeness (QED) is 0.604. The van der Waals surface area contributed by atoms with E-state index in [9.17, 15) is 22.8 Å². The van der Waals surface area contributed by atoms with Gasteiger partial charge in [-0.3, -0.25) is 14.5 Å². The number of sulfone groups is 1. The highest BCUT2D eigenvalue weighted by atomic mass is 32.2. The molecule has 0 spiro atoms. The summed E-state index contributed by atoms with van der Waals surface area (Å²) in [6.45, 7) is 6.48. The summed E-state index contributed by atoms with van der Waals surface area (Å²) in [6.07, 6.45) is -0.886. The number of alkyl carbamates (subject to hydrolysis) is 1. The summed E-state index contributed by atoms with van der Waals surface area (Å²) >= 11 is 0. The van der Waals surface area contributed by atoms with E-state index < -0.39 is 44.6 Å². The van der Waals surface area contributed by atoms with Gasteiger partial charge in [-0.25, -0.2) is 13.2 Å². The van der Waals surface area contributed by atoms with Crippen molar-refractivity contribution in [3.63, 3.8) is 0 Å². The van der Waals surface area contributed by atoms with Gasteiger partial charge in [0.15, 0.2) is 15.2 Å². The number of nitrogens with zero attached hydrogens (tertiary/aromatic N) is 1. The van der Waals surface area contributed by atoms with E-state index in [-0.39, 0.29) is 11.4 Å². The van der Waals surface area contributed by atoms with Gasteiger partial charge >= 0.3 is 6.09 Å². The molecule has 3 rings (SSSR count). The number of nitrogens with one attached hydrogen (secondary N) is 1. The van der Waals surface area contributed by atoms with Gasteiger partial charge in [0, 0.05) is 5.56 Å². The molecule has 1 aromatic carbocycles. The van der Waals surface area contributed by atoms with Crippen LogP contribution in [0, 0.1) is 0 Å². The molecular weight excluding hydrogens is 384 g/mol. The first-order chi connectivity index (χ1) is 12.9. The van der Waals surface area contributed by atoms with E-state index in [0.29, 0.717) is 11.1 Å². The second-order valence-electron chi connectivity index (χ2n) is 7.85. The Morgan fingerprint density at radius 1 is 1.18 bits per heavy atom. The highest BCUT2D eigenvalue weighted by Crippen LogP contribution is 2.37. The Morgan fingerprint density at radius 3 is 2.36 bits per heavy atom. The number of allylic oxidation sites excluding steroid dienone is 1. The molecule has 0 unspecified atom stereocenters. The molecule has 1 fully saturated rings. The minimum absolute atomic E-state index is 0.0539. The Balaban J connectivity index is 1.91. The molecule has 0 aromatic heterocycles. The molecule has 1 N–H and O–H groups in total. The SMILES string of the molecule is CC1=C(C(=O)c2ccccc2)N2C(=O)[C@@H](NC(=O)OC(C)(C)C)[C@@H]2S(=O)(=O)C1. The zero-order valence-corrected chi connectivity index (χ0v) is 16.9. The Bertz CT molecular complexity index is 975. The van der Waals surface area contributed by atoms with Crippen LogP contribution in [0.2, 0.25) is 0 Å². The van der Waals surface area contributed by atoms with Crippen molar-refractivity contribution < 1.29 is 27.5 Å². The molecule has 2 amide bonds. The Labute approximate surface area is 163 Å². The van der Waals surface area contributed by atoms with Crippen molar-refractivity contribution in [2.75, 3.05) is 5.75 Å². The molecule has 1 aromatic rings. The van der Waals surface area contributed by atoms with Gasteiger partial charge < -0.3 is 10.1 Å². The van der Waals surface area contributed by atoms with E-state index in [4.69, 9.17) is 4.74 Å². The van der Waals surface area contributed by atoms with E-state index in [1.54, 1.807) is 51.1 Å². The Kier molecular flexibility index (Phi) is 4.82. The molecule has 2 atom stereocenters. The maximum Gasteiger partial charge on any atom is 0.408 e. The Hall–Kier alpha value is -2.68. The summed E-state index contributed by atoms with van der Waals surface area (Å²) in [7, 11) is -3.77. The lowest BCUT2D eigenvalue weighted by Crippen LogP contribution is -2.74. The monoisotopic (exact) mass is 406 g/mol. The van der Waals surface area contributed by atoms with Gasteiger partial charge in [0.05, 0.1) is 11.4 Å². The van der Waals surface area contributed by atoms with Gasteiger partial charge in [0.2, 0.25) is 5.78 Å². The van der Waals surface area contributed by atoms with Crippen LogP contribution in [-0.4, -0.2) is 53.9 Å². The number of benzene rings is 1. The van der Waals surface area contributed by atoms with Crippen LogP contribution < -0.4 is 5.32 Å². The second kappa shape index (κ2) is 6.73. The molecule has 28 heavy (non-hydrogen) atoms. The number of amides is 2. The predicted octanol–water partition coefficient (Wildman–Crippen LogP) is 1.63. The van der Waals surface area contributed by atoms with E-state index in [2.05, 4.69) is 5.32 Å². The van der Waals surface area contributed by atoms with Crippen LogP contribution in [-0.2, 0) is 19.4 Å². The molecule has 1 saturated heterocycles. The number of carbonyl (C=O) groups is 3. The number of fused-ring (bicyclic) bond motifs is 1. The summed E-state index contributed by atoms with van der Waals surface area (Å²) in [5.41, 5.74) is -0.0916. The van der Waals surface area contributed by atoms with Gasteiger partial charge in [0.1, 0.15) is 11.6 Å². The number of hydrogen-bond acceptors (Lipinski definition) is 6. The molecule has 0 aliphatic carbocycles. The fourth-order valence-corrected chi connectivity index (χ4v) is 5.37. The number of ketones is 1. The summed E-state index contributed by atoms with van der Waals surface area (Å²) in [5.74, 6) is -1.44. The molecule has 0 bridgehead atoms. The molecule has 0 radical (unpaired) electrons. The summed E-state index contributed by atoms with van der Waals surface area (Å²) < 4.78 is 30.4. The Morgan fingerprint density at radius 2 is 1.79 bits per heavy atom. The minimum atomic E-state index is -3.77. The van der Waals surface area contributed by atoms with Gasteiger partial charge in [-0.05, 0) is 33.3 Å². The van der Waals surface area contributed by atoms with Crippen molar-refractivity contribution >= 4 is 27.6 Å². The smallest absolute Gasteiger partial charge is 0.408 e. The van der Waals surface area contributed by atoms with E-state index in [1.807, 2.05) is 0 Å². The highest BCUT2D eigenvalue weighted by Gasteiger charge is 2.60. The fourth-order valence-electron chi connectivity index (χ4n) is 3.33. The largest absolute Gasteiger partial charge is 0.444 e. The molecule has 150 valence electrons. The first-order valence-electron chi connectivity index (χ1n) is 8.76. The normalized spacial score (nSPS) is 23.6. The van der Waals surface area contributed by atoms with Crippen LogP contribution in [0.5, 0.6) is 0 Å². The van der Waals surface area contributed by atoms with Crippen LogP contribution in [0.1, 0.15) is 38.1 Å². The minimum Gasteiger partial charge on any atom is -0.444 e. The summed E-state index contributed by atoms with van der Waals surface area (Å²) in [6, 6.07) is 7.03. The summed E-state index contributed by atoms with van der Waals surface area (Å²) in [5, 5.41) is 1.01. The van der Waals surface area contributed by atoms with E-state index in [1.165, 1.54) is 6.92 Å². The first-order valence-corrected chi connectivity index (χ1v) is 10.5. The third kappa shape index (κ3) is 3.54. The van der Waals surface area contributed by atoms with Gasteiger partial charge in [-0.15, -0.1) is 0 Å². The third-order valence-corrected chi connectivity index (χ3v) is 6.45. The molecule has 2 heterocycles. The van der Waals surface area contributed by atoms with Crippen molar-refractivity contribution in [1.29, 1.82) is 0 Å². The van der Waals surface area contributed by atoms with Crippen molar-refractivity contribution in [2.24, 2.45) is 0 Å². The standard InChI is InChI=1S/C19H22N2O6S/c1-11-10-28(25,26)17-13(20-18(24)27-19(2,3)4)16(23)21(17)14(11)15(22)12-8-6-5-7-9-12/h5-9,13,17H,10H2,1-4H3,(H,20,24)/t13-,17+/m1/s1. The number of carbonyl (C=O) groups excluding carboxylic acids is 3. The molecule has 2 aliphatic rings. The van der Waals surface area contributed by atoms with Gasteiger partial charge in [-0.2, -0.15) is 0 Å². The lowest BCUT2D eigenvalue weighted by atomic mass is 9.98. The average Bonchev–Trinajstić information content (AvgIpc) is 2.57. The zero-order chi connectivity index (χ0) is 20.9. The number of Topliss-reactive ketones (excluding diaryl/α,β-unsaturated/α-hetero) is 1. The van der Waals surface area contributed by atoms with Crippen molar-refractivity contribution in [2.45, 2.75) is 44.7 Å². The lowest BCUT2D eigenvalue weighted by Gasteiger charge is -2.49. The number of hydrogen-bond donors (Lipinski definition) is 1. The number of ether oxygens (including phenoxy) is 1. The predicted molar refractivity (Wildman–Crippen MR) is 101 cm³/mol. The van der Waals surface area contributed by atoms with Gasteiger partial charge in [0.25, 0.3) is 5.91 Å². The van der Waals surface area contributed by atoms with Crippen molar-refractivity contribution in [3.8, 4) is 0 Å². The van der Waals surface area contributed by atoms with Crippen LogP contribution in [0.4, 0.5) is 4.79 Å². The van der Waals surface area contributed by atoms with Gasteiger partial charge in [-0.1, -0.05) is 30.3 Å². The molecule has 9 heteroatoms. The van der Waals surface area contributed by atoms with E-state index >= 15 is 0 Å². The molecule has 2 aliphatic heterocycles. The van der Waals surface area contributed by atoms with Crippen LogP contribution in [0.15, 0.2) is 41.6 Å². The third-order valence-electron chi connectivity index (χ3n) is 4.40. The maximum absolute atomic E-state index is 12.9. The summed E-state index contributed by atoms with van der Waals surface area (Å²) in [4.78, 5) is 38.6. The molecular formula is C19H22N2O6S. The van der Waals surface area contributed by atoms with Crippen LogP contribution in [0.25, 0.3) is 0 Å². The van der Waals surface area contributed by atoms with E-state index in [0.717, 1.165) is 4.90 Å². The van der Waals surface area contributed by atoms with Crippen LogP contribution >= 0.6 is 0 Å². The van der Waals surface area contributed by atoms with Crippen molar-refractivity contribution in [3.05, 3.63) is 47.2 Å². The fraction of sp³-hybridized carbons (Fsp3) is 0.421. The lowest BCUT2D eigenvalue weighted by molar-refractivity contribution is -0.143. The second-order valence-corrected chi connectivity index (χ2v) is 9.95. The highest BCUT2D eigenvalue weighted by molar-refractivity contribution is 7.92. The zero-order valence-electron chi connectivity index (χ0n) is 16.1. The number of β-lactam (4-membered cyclic amide) rings is 1. The van der Waals surface area contributed by atoms with Crippen molar-refractivity contribution in [1.82, 2.24) is 10.2 Å². The molecule has 0 saturated carbocycles. The molecule has 8 nitrogen and oxygen atoms in total. The average molecular weight is 406 g/mol. The maximum atomic E-state index is 12.9. The van der Waals surface area contributed by atoms with Crippen LogP contribution in [0.3, 0.4) is 0 Å². The first kappa shape index (κ1) is 20.1.